The van der Waals surface area contributed by atoms with Crippen LogP contribution >= 0.6 is 0 Å². The summed E-state index contributed by atoms with van der Waals surface area (Å²) in [5.41, 5.74) is 7.02. The van der Waals surface area contributed by atoms with Crippen molar-refractivity contribution in [2.75, 3.05) is 5.73 Å². The standard InChI is InChI=1S/C12H13FN4/c1-7-15-16-12(17(7)9-3-4-9)10-6-8(13)2-5-11(10)14/h2,5-6,9H,3-4,14H2,1H3. The SMILES string of the molecule is Cc1nnc(-c2cc(F)ccc2N)n1C1CC1. The summed E-state index contributed by atoms with van der Waals surface area (Å²) in [5, 5.41) is 8.18. The third kappa shape index (κ3) is 1.67. The van der Waals surface area contributed by atoms with Gasteiger partial charge in [0.1, 0.15) is 11.6 Å². The van der Waals surface area contributed by atoms with Crippen molar-refractivity contribution in [1.29, 1.82) is 0 Å². The lowest BCUT2D eigenvalue weighted by molar-refractivity contribution is 0.628. The van der Waals surface area contributed by atoms with Gasteiger partial charge >= 0.3 is 0 Å². The lowest BCUT2D eigenvalue weighted by atomic mass is 10.1. The van der Waals surface area contributed by atoms with Crippen LogP contribution in [0.5, 0.6) is 0 Å². The number of hydrogen-bond acceptors (Lipinski definition) is 3. The van der Waals surface area contributed by atoms with Gasteiger partial charge in [-0.3, -0.25) is 0 Å². The van der Waals surface area contributed by atoms with Crippen LogP contribution in [0.4, 0.5) is 10.1 Å². The Kier molecular flexibility index (Phi) is 2.14. The Morgan fingerprint density at radius 2 is 2.12 bits per heavy atom. The van der Waals surface area contributed by atoms with Crippen LogP contribution in [0.3, 0.4) is 0 Å². The summed E-state index contributed by atoms with van der Waals surface area (Å²) in [4.78, 5) is 0. The highest BCUT2D eigenvalue weighted by atomic mass is 19.1. The van der Waals surface area contributed by atoms with Gasteiger partial charge in [-0.1, -0.05) is 0 Å². The lowest BCUT2D eigenvalue weighted by Crippen LogP contribution is -2.02. The van der Waals surface area contributed by atoms with Crippen LogP contribution in [0.25, 0.3) is 11.4 Å². The molecule has 1 aliphatic rings. The molecule has 2 aromatic rings. The van der Waals surface area contributed by atoms with E-state index in [-0.39, 0.29) is 5.82 Å². The van der Waals surface area contributed by atoms with E-state index in [4.69, 9.17) is 5.73 Å². The summed E-state index contributed by atoms with van der Waals surface area (Å²) in [6.45, 7) is 1.91. The molecule has 17 heavy (non-hydrogen) atoms. The first kappa shape index (κ1) is 10.3. The van der Waals surface area contributed by atoms with Crippen LogP contribution in [0.1, 0.15) is 24.7 Å². The molecular formula is C12H13FN4. The molecule has 0 spiro atoms. The summed E-state index contributed by atoms with van der Waals surface area (Å²) in [5.74, 6) is 1.21. The van der Waals surface area contributed by atoms with Crippen LogP contribution in [0.15, 0.2) is 18.2 Å². The smallest absolute Gasteiger partial charge is 0.166 e. The van der Waals surface area contributed by atoms with E-state index < -0.39 is 0 Å². The summed E-state index contributed by atoms with van der Waals surface area (Å²) in [7, 11) is 0. The summed E-state index contributed by atoms with van der Waals surface area (Å²) in [6.07, 6.45) is 2.25. The van der Waals surface area contributed by atoms with E-state index in [1.807, 2.05) is 11.5 Å². The van der Waals surface area contributed by atoms with Crippen molar-refractivity contribution in [2.45, 2.75) is 25.8 Å². The van der Waals surface area contributed by atoms with Crippen molar-refractivity contribution in [3.05, 3.63) is 29.8 Å². The Morgan fingerprint density at radius 1 is 1.35 bits per heavy atom. The first-order valence-electron chi connectivity index (χ1n) is 5.63. The predicted molar refractivity (Wildman–Crippen MR) is 62.8 cm³/mol. The normalized spacial score (nSPS) is 15.2. The maximum Gasteiger partial charge on any atom is 0.166 e. The molecule has 1 heterocycles. The fourth-order valence-corrected chi connectivity index (χ4v) is 2.05. The minimum atomic E-state index is -0.308. The largest absolute Gasteiger partial charge is 0.398 e. The molecule has 0 bridgehead atoms. The zero-order valence-corrected chi connectivity index (χ0v) is 9.52. The van der Waals surface area contributed by atoms with Gasteiger partial charge in [0, 0.05) is 17.3 Å². The zero-order chi connectivity index (χ0) is 12.0. The first-order chi connectivity index (χ1) is 8.16. The zero-order valence-electron chi connectivity index (χ0n) is 9.52. The van der Waals surface area contributed by atoms with Crippen LogP contribution in [-0.4, -0.2) is 14.8 Å². The quantitative estimate of drug-likeness (QED) is 0.808. The van der Waals surface area contributed by atoms with E-state index in [1.165, 1.54) is 12.1 Å². The van der Waals surface area contributed by atoms with Crippen LogP contribution in [-0.2, 0) is 0 Å². The maximum absolute atomic E-state index is 13.3. The lowest BCUT2D eigenvalue weighted by Gasteiger charge is -2.08. The van der Waals surface area contributed by atoms with E-state index >= 15 is 0 Å². The van der Waals surface area contributed by atoms with Gasteiger partial charge in [0.05, 0.1) is 0 Å². The molecule has 0 atom stereocenters. The summed E-state index contributed by atoms with van der Waals surface area (Å²) < 4.78 is 15.3. The molecule has 1 aromatic carbocycles. The van der Waals surface area contributed by atoms with Gasteiger partial charge in [0.25, 0.3) is 0 Å². The molecule has 0 unspecified atom stereocenters. The Hall–Kier alpha value is -1.91. The molecule has 2 N–H and O–H groups in total. The molecule has 5 heteroatoms. The number of rotatable bonds is 2. The average molecular weight is 232 g/mol. The number of benzene rings is 1. The molecule has 88 valence electrons. The van der Waals surface area contributed by atoms with E-state index in [2.05, 4.69) is 10.2 Å². The van der Waals surface area contributed by atoms with E-state index in [1.54, 1.807) is 6.07 Å². The van der Waals surface area contributed by atoms with E-state index in [0.29, 0.717) is 23.1 Å². The number of nitrogens with two attached hydrogens (primary N) is 1. The monoisotopic (exact) mass is 232 g/mol. The number of aromatic nitrogens is 3. The Bertz CT molecular complexity index is 572. The minimum Gasteiger partial charge on any atom is -0.398 e. The second-order valence-electron chi connectivity index (χ2n) is 4.40. The minimum absolute atomic E-state index is 0.308. The first-order valence-corrected chi connectivity index (χ1v) is 5.63. The van der Waals surface area contributed by atoms with Crippen molar-refractivity contribution in [3.63, 3.8) is 0 Å². The van der Waals surface area contributed by atoms with Gasteiger partial charge in [-0.05, 0) is 38.0 Å². The molecular weight excluding hydrogens is 219 g/mol. The Morgan fingerprint density at radius 3 is 2.82 bits per heavy atom. The van der Waals surface area contributed by atoms with Crippen molar-refractivity contribution in [3.8, 4) is 11.4 Å². The molecule has 3 rings (SSSR count). The average Bonchev–Trinajstić information content (AvgIpc) is 3.06. The fraction of sp³-hybridized carbons (Fsp3) is 0.333. The molecule has 4 nitrogen and oxygen atoms in total. The highest BCUT2D eigenvalue weighted by molar-refractivity contribution is 5.71. The number of aryl methyl sites for hydroxylation is 1. The molecule has 0 aliphatic heterocycles. The fourth-order valence-electron chi connectivity index (χ4n) is 2.05. The van der Waals surface area contributed by atoms with Gasteiger partial charge in [0.2, 0.25) is 0 Å². The summed E-state index contributed by atoms with van der Waals surface area (Å²) in [6, 6.07) is 4.77. The Labute approximate surface area is 98.3 Å². The molecule has 1 aliphatic carbocycles. The highest BCUT2D eigenvalue weighted by Gasteiger charge is 2.29. The second kappa shape index (κ2) is 3.55. The number of nitrogens with zero attached hydrogens (tertiary/aromatic N) is 3. The van der Waals surface area contributed by atoms with Gasteiger partial charge < -0.3 is 10.3 Å². The van der Waals surface area contributed by atoms with E-state index in [0.717, 1.165) is 18.7 Å². The van der Waals surface area contributed by atoms with E-state index in [9.17, 15) is 4.39 Å². The number of nitrogen functional groups attached to an aromatic ring is 1. The molecule has 1 aromatic heterocycles. The van der Waals surface area contributed by atoms with Gasteiger partial charge in [0.15, 0.2) is 5.82 Å². The van der Waals surface area contributed by atoms with Crippen LogP contribution in [0, 0.1) is 12.7 Å². The number of anilines is 1. The van der Waals surface area contributed by atoms with Gasteiger partial charge in [-0.25, -0.2) is 4.39 Å². The highest BCUT2D eigenvalue weighted by Crippen LogP contribution is 2.39. The van der Waals surface area contributed by atoms with Crippen LogP contribution in [0.2, 0.25) is 0 Å². The molecule has 1 fully saturated rings. The molecule has 0 saturated heterocycles. The van der Waals surface area contributed by atoms with Crippen LogP contribution < -0.4 is 5.73 Å². The molecule has 1 saturated carbocycles. The van der Waals surface area contributed by atoms with Crippen molar-refractivity contribution < 1.29 is 4.39 Å². The molecule has 0 radical (unpaired) electrons. The van der Waals surface area contributed by atoms with Gasteiger partial charge in [-0.2, -0.15) is 0 Å². The second-order valence-corrected chi connectivity index (χ2v) is 4.40. The van der Waals surface area contributed by atoms with Crippen molar-refractivity contribution in [2.24, 2.45) is 0 Å². The van der Waals surface area contributed by atoms with Crippen molar-refractivity contribution >= 4 is 5.69 Å². The number of halogens is 1. The summed E-state index contributed by atoms with van der Waals surface area (Å²) >= 11 is 0. The third-order valence-corrected chi connectivity index (χ3v) is 3.03. The number of hydrogen-bond donors (Lipinski definition) is 1. The van der Waals surface area contributed by atoms with Crippen molar-refractivity contribution in [1.82, 2.24) is 14.8 Å². The predicted octanol–water partition coefficient (Wildman–Crippen LogP) is 2.31. The third-order valence-electron chi connectivity index (χ3n) is 3.03. The topological polar surface area (TPSA) is 56.7 Å². The van der Waals surface area contributed by atoms with Gasteiger partial charge in [-0.15, -0.1) is 10.2 Å². The Balaban J connectivity index is 2.17. The molecule has 0 amide bonds. The maximum atomic E-state index is 13.3.